The molecule has 1 aromatic carbocycles. The van der Waals surface area contributed by atoms with E-state index in [1.165, 1.54) is 11.3 Å². The van der Waals surface area contributed by atoms with Crippen molar-refractivity contribution in [3.63, 3.8) is 0 Å². The van der Waals surface area contributed by atoms with Crippen molar-refractivity contribution in [3.05, 3.63) is 54.4 Å². The van der Waals surface area contributed by atoms with Crippen LogP contribution in [0.15, 0.2) is 48.8 Å². The second kappa shape index (κ2) is 4.58. The molecule has 2 heteroatoms. The molecule has 0 spiro atoms. The number of rotatable bonds is 3. The van der Waals surface area contributed by atoms with Crippen molar-refractivity contribution in [2.75, 3.05) is 0 Å². The van der Waals surface area contributed by atoms with Crippen LogP contribution in [-0.2, 0) is 6.42 Å². The Labute approximate surface area is 96.2 Å². The van der Waals surface area contributed by atoms with Gasteiger partial charge in [-0.15, -0.1) is 0 Å². The van der Waals surface area contributed by atoms with Crippen LogP contribution in [0.3, 0.4) is 0 Å². The second-order valence-electron chi connectivity index (χ2n) is 3.81. The van der Waals surface area contributed by atoms with E-state index in [0.29, 0.717) is 5.25 Å². The van der Waals surface area contributed by atoms with Gasteiger partial charge in [-0.05, 0) is 36.2 Å². The molecule has 1 heterocycles. The average molecular weight is 217 g/mol. The molecule has 0 bridgehead atoms. The summed E-state index contributed by atoms with van der Waals surface area (Å²) in [6, 6.07) is 12.7. The molecule has 1 atom stereocenters. The molecule has 0 saturated heterocycles. The van der Waals surface area contributed by atoms with Crippen molar-refractivity contribution in [3.8, 4) is 5.69 Å². The first-order valence-electron chi connectivity index (χ1n) is 5.16. The molecule has 0 N–H and O–H groups in total. The maximum absolute atomic E-state index is 4.39. The van der Waals surface area contributed by atoms with Crippen molar-refractivity contribution in [2.45, 2.75) is 18.6 Å². The maximum atomic E-state index is 4.39. The Morgan fingerprint density at radius 1 is 1.13 bits per heavy atom. The largest absolute Gasteiger partial charge is 0.324 e. The van der Waals surface area contributed by atoms with Crippen molar-refractivity contribution in [2.24, 2.45) is 0 Å². The summed E-state index contributed by atoms with van der Waals surface area (Å²) < 4.78 is 2.11. The van der Waals surface area contributed by atoms with Crippen LogP contribution < -0.4 is 0 Å². The van der Waals surface area contributed by atoms with Gasteiger partial charge >= 0.3 is 0 Å². The van der Waals surface area contributed by atoms with Crippen LogP contribution >= 0.6 is 12.6 Å². The van der Waals surface area contributed by atoms with Gasteiger partial charge in [-0.2, -0.15) is 12.6 Å². The SMILES string of the molecule is CC(S)Cc1ccc(-n2cccc2)cc1. The number of thiol groups is 1. The van der Waals surface area contributed by atoms with Crippen molar-refractivity contribution >= 4 is 12.6 Å². The molecule has 1 unspecified atom stereocenters. The summed E-state index contributed by atoms with van der Waals surface area (Å²) in [5.74, 6) is 0. The Morgan fingerprint density at radius 3 is 2.27 bits per heavy atom. The Bertz CT molecular complexity index is 401. The van der Waals surface area contributed by atoms with Gasteiger partial charge in [0.15, 0.2) is 0 Å². The van der Waals surface area contributed by atoms with Crippen molar-refractivity contribution in [1.29, 1.82) is 0 Å². The lowest BCUT2D eigenvalue weighted by molar-refractivity contribution is 0.948. The van der Waals surface area contributed by atoms with Gasteiger partial charge in [0, 0.05) is 23.3 Å². The first-order valence-corrected chi connectivity index (χ1v) is 5.68. The Hall–Kier alpha value is -1.15. The van der Waals surface area contributed by atoms with E-state index in [1.54, 1.807) is 0 Å². The van der Waals surface area contributed by atoms with Crippen LogP contribution in [0.1, 0.15) is 12.5 Å². The molecule has 0 aliphatic heterocycles. The molecule has 2 rings (SSSR count). The summed E-state index contributed by atoms with van der Waals surface area (Å²) in [4.78, 5) is 0. The van der Waals surface area contributed by atoms with E-state index in [1.807, 2.05) is 12.1 Å². The summed E-state index contributed by atoms with van der Waals surface area (Å²) in [5, 5.41) is 0.419. The minimum Gasteiger partial charge on any atom is -0.324 e. The highest BCUT2D eigenvalue weighted by Crippen LogP contribution is 2.12. The predicted molar refractivity (Wildman–Crippen MR) is 67.9 cm³/mol. The average Bonchev–Trinajstić information content (AvgIpc) is 2.71. The van der Waals surface area contributed by atoms with Gasteiger partial charge in [0.2, 0.25) is 0 Å². The zero-order valence-electron chi connectivity index (χ0n) is 8.80. The van der Waals surface area contributed by atoms with Crippen LogP contribution in [-0.4, -0.2) is 9.82 Å². The number of nitrogens with zero attached hydrogens (tertiary/aromatic N) is 1. The molecule has 0 fully saturated rings. The van der Waals surface area contributed by atoms with Gasteiger partial charge in [0.1, 0.15) is 0 Å². The topological polar surface area (TPSA) is 4.93 Å². The molecular formula is C13H15NS. The third kappa shape index (κ3) is 2.66. The highest BCUT2D eigenvalue weighted by molar-refractivity contribution is 7.80. The van der Waals surface area contributed by atoms with E-state index in [2.05, 4.69) is 60.8 Å². The fraction of sp³-hybridized carbons (Fsp3) is 0.231. The van der Waals surface area contributed by atoms with Gasteiger partial charge in [0.25, 0.3) is 0 Å². The number of benzene rings is 1. The zero-order chi connectivity index (χ0) is 10.7. The minimum absolute atomic E-state index is 0.419. The molecule has 78 valence electrons. The molecule has 15 heavy (non-hydrogen) atoms. The normalized spacial score (nSPS) is 12.7. The van der Waals surface area contributed by atoms with E-state index in [4.69, 9.17) is 0 Å². The minimum atomic E-state index is 0.419. The third-order valence-corrected chi connectivity index (χ3v) is 2.55. The predicted octanol–water partition coefficient (Wildman–Crippen LogP) is 3.34. The summed E-state index contributed by atoms with van der Waals surface area (Å²) in [6.07, 6.45) is 5.13. The van der Waals surface area contributed by atoms with Gasteiger partial charge in [0.05, 0.1) is 0 Å². The highest BCUT2D eigenvalue weighted by atomic mass is 32.1. The van der Waals surface area contributed by atoms with Crippen LogP contribution in [0.5, 0.6) is 0 Å². The summed E-state index contributed by atoms with van der Waals surface area (Å²) in [6.45, 7) is 2.11. The fourth-order valence-corrected chi connectivity index (χ4v) is 1.86. The van der Waals surface area contributed by atoms with E-state index in [-0.39, 0.29) is 0 Å². The first kappa shape index (κ1) is 10.4. The maximum Gasteiger partial charge on any atom is 0.0449 e. The Morgan fingerprint density at radius 2 is 1.73 bits per heavy atom. The Kier molecular flexibility index (Phi) is 3.17. The lowest BCUT2D eigenvalue weighted by Gasteiger charge is -2.06. The van der Waals surface area contributed by atoms with Crippen LogP contribution in [0.25, 0.3) is 5.69 Å². The smallest absolute Gasteiger partial charge is 0.0449 e. The molecule has 0 amide bonds. The molecule has 1 nitrogen and oxygen atoms in total. The number of hydrogen-bond acceptors (Lipinski definition) is 1. The summed E-state index contributed by atoms with van der Waals surface area (Å²) in [5.41, 5.74) is 2.55. The molecule has 0 saturated carbocycles. The zero-order valence-corrected chi connectivity index (χ0v) is 9.69. The molecule has 0 aliphatic rings. The highest BCUT2D eigenvalue weighted by Gasteiger charge is 1.99. The lowest BCUT2D eigenvalue weighted by atomic mass is 10.1. The van der Waals surface area contributed by atoms with E-state index in [0.717, 1.165) is 6.42 Å². The van der Waals surface area contributed by atoms with Crippen LogP contribution in [0, 0.1) is 0 Å². The standard InChI is InChI=1S/C13H15NS/c1-11(15)10-12-4-6-13(7-5-12)14-8-2-3-9-14/h2-9,11,15H,10H2,1H3. The van der Waals surface area contributed by atoms with Gasteiger partial charge in [-0.3, -0.25) is 0 Å². The quantitative estimate of drug-likeness (QED) is 0.752. The molecular weight excluding hydrogens is 202 g/mol. The van der Waals surface area contributed by atoms with Crippen molar-refractivity contribution < 1.29 is 0 Å². The molecule has 2 aromatic rings. The van der Waals surface area contributed by atoms with E-state index in [9.17, 15) is 0 Å². The fourth-order valence-electron chi connectivity index (χ4n) is 1.65. The van der Waals surface area contributed by atoms with Gasteiger partial charge in [-0.25, -0.2) is 0 Å². The third-order valence-electron chi connectivity index (χ3n) is 2.37. The summed E-state index contributed by atoms with van der Waals surface area (Å²) >= 11 is 4.39. The molecule has 1 aromatic heterocycles. The van der Waals surface area contributed by atoms with Gasteiger partial charge < -0.3 is 4.57 Å². The van der Waals surface area contributed by atoms with E-state index >= 15 is 0 Å². The van der Waals surface area contributed by atoms with Crippen LogP contribution in [0.2, 0.25) is 0 Å². The molecule has 0 aliphatic carbocycles. The van der Waals surface area contributed by atoms with E-state index < -0.39 is 0 Å². The second-order valence-corrected chi connectivity index (χ2v) is 4.69. The number of aromatic nitrogens is 1. The molecule has 0 radical (unpaired) electrons. The number of hydrogen-bond donors (Lipinski definition) is 1. The van der Waals surface area contributed by atoms with Crippen LogP contribution in [0.4, 0.5) is 0 Å². The Balaban J connectivity index is 2.17. The van der Waals surface area contributed by atoms with Crippen molar-refractivity contribution in [1.82, 2.24) is 4.57 Å². The van der Waals surface area contributed by atoms with Gasteiger partial charge in [-0.1, -0.05) is 19.1 Å². The summed E-state index contributed by atoms with van der Waals surface area (Å²) in [7, 11) is 0. The monoisotopic (exact) mass is 217 g/mol. The lowest BCUT2D eigenvalue weighted by Crippen LogP contribution is -1.97. The first-order chi connectivity index (χ1) is 7.25.